The van der Waals surface area contributed by atoms with Gasteiger partial charge in [-0.25, -0.2) is 15.1 Å². The summed E-state index contributed by atoms with van der Waals surface area (Å²) in [4.78, 5) is 0. The van der Waals surface area contributed by atoms with Crippen molar-refractivity contribution in [1.29, 1.82) is 0 Å². The molecule has 1 N–H and O–H groups in total. The standard InChI is InChI=1S/C25H27BrCl2N4/c1-25(2)9-11-31(12-10-25)29-15-22-20-6-3-16-13-17(26)4-7-19(16)24(20)32(30-22)23-8-5-18(27)14-21(23)28/h4-5,7-8,13-14,29H,3,6,9-12,15H2,1-2H3. The fraction of sp³-hybridized carbons (Fsp3) is 0.400. The number of nitrogens with zero attached hydrogens (tertiary/aromatic N) is 3. The van der Waals surface area contributed by atoms with E-state index in [1.165, 1.54) is 29.5 Å². The Hall–Kier alpha value is -1.37. The Kier molecular flexibility index (Phi) is 6.14. The molecule has 32 heavy (non-hydrogen) atoms. The van der Waals surface area contributed by atoms with Gasteiger partial charge in [0.15, 0.2) is 0 Å². The second-order valence-electron chi connectivity index (χ2n) is 9.57. The molecule has 1 saturated heterocycles. The van der Waals surface area contributed by atoms with Crippen LogP contribution in [0.3, 0.4) is 0 Å². The lowest BCUT2D eigenvalue weighted by molar-refractivity contribution is 0.0842. The summed E-state index contributed by atoms with van der Waals surface area (Å²) in [5, 5.41) is 8.65. The van der Waals surface area contributed by atoms with E-state index in [9.17, 15) is 0 Å². The molecule has 1 aliphatic carbocycles. The van der Waals surface area contributed by atoms with E-state index in [1.807, 2.05) is 16.8 Å². The summed E-state index contributed by atoms with van der Waals surface area (Å²) >= 11 is 16.4. The molecule has 1 aliphatic heterocycles. The summed E-state index contributed by atoms with van der Waals surface area (Å²) < 4.78 is 3.11. The molecule has 4 nitrogen and oxygen atoms in total. The zero-order valence-corrected chi connectivity index (χ0v) is 21.5. The Morgan fingerprint density at radius 3 is 2.59 bits per heavy atom. The first kappa shape index (κ1) is 22.4. The van der Waals surface area contributed by atoms with Crippen LogP contribution >= 0.6 is 39.1 Å². The average molecular weight is 534 g/mol. The van der Waals surface area contributed by atoms with Gasteiger partial charge in [0.1, 0.15) is 0 Å². The molecule has 0 spiro atoms. The van der Waals surface area contributed by atoms with Gasteiger partial charge in [0.05, 0.1) is 28.6 Å². The molecule has 0 atom stereocenters. The van der Waals surface area contributed by atoms with E-state index in [1.54, 1.807) is 6.07 Å². The normalized spacial score (nSPS) is 17.8. The molecule has 7 heteroatoms. The highest BCUT2D eigenvalue weighted by atomic mass is 79.9. The zero-order chi connectivity index (χ0) is 22.5. The van der Waals surface area contributed by atoms with E-state index in [2.05, 4.69) is 58.4 Å². The van der Waals surface area contributed by atoms with E-state index >= 15 is 0 Å². The van der Waals surface area contributed by atoms with Gasteiger partial charge in [0.25, 0.3) is 0 Å². The van der Waals surface area contributed by atoms with Crippen LogP contribution in [0.4, 0.5) is 0 Å². The van der Waals surface area contributed by atoms with Crippen molar-refractivity contribution in [3.63, 3.8) is 0 Å². The fourth-order valence-corrected chi connectivity index (χ4v) is 5.62. The number of piperidine rings is 1. The summed E-state index contributed by atoms with van der Waals surface area (Å²) in [6.07, 6.45) is 4.38. The first-order valence-electron chi connectivity index (χ1n) is 11.1. The fourth-order valence-electron chi connectivity index (χ4n) is 4.72. The minimum Gasteiger partial charge on any atom is -0.249 e. The second kappa shape index (κ2) is 8.77. The van der Waals surface area contributed by atoms with Gasteiger partial charge in [-0.1, -0.05) is 59.0 Å². The predicted molar refractivity (Wildman–Crippen MR) is 136 cm³/mol. The van der Waals surface area contributed by atoms with Crippen LogP contribution in [0.2, 0.25) is 10.0 Å². The Morgan fingerprint density at radius 2 is 1.84 bits per heavy atom. The lowest BCUT2D eigenvalue weighted by Crippen LogP contribution is -2.45. The predicted octanol–water partition coefficient (Wildman–Crippen LogP) is 6.83. The topological polar surface area (TPSA) is 33.1 Å². The van der Waals surface area contributed by atoms with Gasteiger partial charge in [-0.05, 0) is 67.0 Å². The molecule has 0 radical (unpaired) electrons. The van der Waals surface area contributed by atoms with Crippen LogP contribution in [0.1, 0.15) is 43.5 Å². The number of hydrogen-bond acceptors (Lipinski definition) is 3. The van der Waals surface area contributed by atoms with Crippen LogP contribution < -0.4 is 5.43 Å². The molecule has 3 aromatic rings. The molecule has 1 aromatic heterocycles. The molecule has 0 amide bonds. The van der Waals surface area contributed by atoms with Crippen LogP contribution in [-0.2, 0) is 19.4 Å². The van der Waals surface area contributed by atoms with E-state index in [0.717, 1.165) is 47.5 Å². The highest BCUT2D eigenvalue weighted by Crippen LogP contribution is 2.39. The number of rotatable bonds is 4. The molecule has 0 saturated carbocycles. The molecular formula is C25H27BrCl2N4. The molecule has 2 heterocycles. The largest absolute Gasteiger partial charge is 0.249 e. The third kappa shape index (κ3) is 4.38. The maximum Gasteiger partial charge on any atom is 0.0840 e. The summed E-state index contributed by atoms with van der Waals surface area (Å²) in [5.41, 5.74) is 11.0. The molecular weight excluding hydrogens is 507 g/mol. The maximum absolute atomic E-state index is 6.62. The number of fused-ring (bicyclic) bond motifs is 3. The third-order valence-corrected chi connectivity index (χ3v) is 7.79. The lowest BCUT2D eigenvalue weighted by Gasteiger charge is -2.37. The van der Waals surface area contributed by atoms with Gasteiger partial charge < -0.3 is 0 Å². The van der Waals surface area contributed by atoms with Crippen molar-refractivity contribution in [2.45, 2.75) is 46.1 Å². The van der Waals surface area contributed by atoms with Crippen molar-refractivity contribution < 1.29 is 0 Å². The Bertz CT molecular complexity index is 1160. The SMILES string of the molecule is CC1(C)CCN(NCc2nn(-c3ccc(Cl)cc3Cl)c3c2CCc2cc(Br)ccc2-3)CC1. The highest BCUT2D eigenvalue weighted by molar-refractivity contribution is 9.10. The zero-order valence-electron chi connectivity index (χ0n) is 18.4. The molecule has 2 aliphatic rings. The monoisotopic (exact) mass is 532 g/mol. The van der Waals surface area contributed by atoms with E-state index < -0.39 is 0 Å². The first-order valence-corrected chi connectivity index (χ1v) is 12.7. The van der Waals surface area contributed by atoms with Gasteiger partial charge in [-0.15, -0.1) is 0 Å². The Morgan fingerprint density at radius 1 is 1.06 bits per heavy atom. The van der Waals surface area contributed by atoms with E-state index in [0.29, 0.717) is 22.0 Å². The summed E-state index contributed by atoms with van der Waals surface area (Å²) in [6.45, 7) is 7.56. The molecule has 0 bridgehead atoms. The Labute approximate surface area is 208 Å². The number of nitrogens with one attached hydrogen (secondary N) is 1. The number of halogens is 3. The quantitative estimate of drug-likeness (QED) is 0.398. The van der Waals surface area contributed by atoms with Crippen LogP contribution in [0.15, 0.2) is 40.9 Å². The summed E-state index contributed by atoms with van der Waals surface area (Å²) in [5.74, 6) is 0. The third-order valence-electron chi connectivity index (χ3n) is 6.76. The van der Waals surface area contributed by atoms with Crippen molar-refractivity contribution in [2.75, 3.05) is 13.1 Å². The van der Waals surface area contributed by atoms with Crippen LogP contribution in [0.5, 0.6) is 0 Å². The van der Waals surface area contributed by atoms with Crippen molar-refractivity contribution in [3.8, 4) is 16.9 Å². The summed E-state index contributed by atoms with van der Waals surface area (Å²) in [7, 11) is 0. The van der Waals surface area contributed by atoms with Crippen molar-refractivity contribution in [1.82, 2.24) is 20.2 Å². The van der Waals surface area contributed by atoms with Crippen LogP contribution in [-0.4, -0.2) is 27.9 Å². The van der Waals surface area contributed by atoms with Gasteiger partial charge in [-0.2, -0.15) is 5.10 Å². The van der Waals surface area contributed by atoms with Crippen molar-refractivity contribution in [3.05, 3.63) is 67.7 Å². The first-order chi connectivity index (χ1) is 15.3. The minimum atomic E-state index is 0.433. The van der Waals surface area contributed by atoms with Gasteiger partial charge in [0.2, 0.25) is 0 Å². The average Bonchev–Trinajstić information content (AvgIpc) is 3.11. The number of hydrazine groups is 1. The number of benzene rings is 2. The Balaban J connectivity index is 1.52. The van der Waals surface area contributed by atoms with Gasteiger partial charge >= 0.3 is 0 Å². The second-order valence-corrected chi connectivity index (χ2v) is 11.3. The molecule has 2 aromatic carbocycles. The molecule has 168 valence electrons. The van der Waals surface area contributed by atoms with Crippen LogP contribution in [0.25, 0.3) is 16.9 Å². The van der Waals surface area contributed by atoms with Gasteiger partial charge in [-0.3, -0.25) is 0 Å². The van der Waals surface area contributed by atoms with E-state index in [4.69, 9.17) is 28.3 Å². The smallest absolute Gasteiger partial charge is 0.0840 e. The lowest BCUT2D eigenvalue weighted by atomic mass is 9.83. The highest BCUT2D eigenvalue weighted by Gasteiger charge is 2.28. The molecule has 1 fully saturated rings. The minimum absolute atomic E-state index is 0.433. The number of aromatic nitrogens is 2. The van der Waals surface area contributed by atoms with Crippen molar-refractivity contribution in [2.24, 2.45) is 5.41 Å². The van der Waals surface area contributed by atoms with E-state index in [-0.39, 0.29) is 0 Å². The summed E-state index contributed by atoms with van der Waals surface area (Å²) in [6, 6.07) is 12.1. The van der Waals surface area contributed by atoms with Crippen molar-refractivity contribution >= 4 is 39.1 Å². The molecule has 5 rings (SSSR count). The number of hydrogen-bond donors (Lipinski definition) is 1. The number of aryl methyl sites for hydroxylation is 1. The maximum atomic E-state index is 6.62. The van der Waals surface area contributed by atoms with Crippen LogP contribution in [0, 0.1) is 5.41 Å². The molecule has 0 unspecified atom stereocenters. The van der Waals surface area contributed by atoms with Gasteiger partial charge in [0, 0.05) is 33.7 Å².